The maximum atomic E-state index is 16.0. The molecule has 18 nitrogen and oxygen atoms in total. The summed E-state index contributed by atoms with van der Waals surface area (Å²) in [7, 11) is 1.51. The van der Waals surface area contributed by atoms with Gasteiger partial charge in [-0.3, -0.25) is 28.4 Å². The van der Waals surface area contributed by atoms with E-state index in [0.717, 1.165) is 11.8 Å². The number of nitrogens with zero attached hydrogens (tertiary/aromatic N) is 5. The summed E-state index contributed by atoms with van der Waals surface area (Å²) in [5.41, 5.74) is 19.5. The van der Waals surface area contributed by atoms with Gasteiger partial charge >= 0.3 is 13.6 Å². The molecule has 2 fully saturated rings. The molecule has 9 atom stereocenters. The normalized spacial score (nSPS) is 29.1. The SMILES string of the molecule is CNN(c1nc(N)[nH]c(=O)c1N)[C@H]1C[C@H](F)[C@@H](COP(=O)(S)OC2[C@@H](COP(=O)(O)S)O[C@@H](n3ccc4c(N)ncnc43)[C@H]2F)S1. The first-order valence-electron chi connectivity index (χ1n) is 13.2. The second-order valence-electron chi connectivity index (χ2n) is 10.0. The van der Waals surface area contributed by atoms with Crippen molar-refractivity contribution in [1.82, 2.24) is 29.9 Å². The molecule has 0 aromatic carbocycles. The monoisotopic (exact) mass is 746 g/mol. The van der Waals surface area contributed by atoms with Crippen LogP contribution in [-0.2, 0) is 27.4 Å². The van der Waals surface area contributed by atoms with Gasteiger partial charge in [-0.25, -0.2) is 33.3 Å². The number of hydrogen-bond acceptors (Lipinski definition) is 16. The number of nitrogen functional groups attached to an aromatic ring is 3. The Balaban J connectivity index is 1.29. The number of ether oxygens (including phenoxy) is 1. The molecule has 3 aromatic heterocycles. The Kier molecular flexibility index (Phi) is 10.5. The molecule has 2 aliphatic heterocycles. The Morgan fingerprint density at radius 1 is 1.26 bits per heavy atom. The van der Waals surface area contributed by atoms with Crippen molar-refractivity contribution >= 4 is 84.2 Å². The molecule has 254 valence electrons. The average molecular weight is 747 g/mol. The fourth-order valence-corrected chi connectivity index (χ4v) is 8.54. The number of hydrazine groups is 1. The van der Waals surface area contributed by atoms with E-state index in [1.807, 2.05) is 0 Å². The second kappa shape index (κ2) is 13.7. The first kappa shape index (κ1) is 35.1. The smallest absolute Gasteiger partial charge is 0.386 e. The molecule has 25 heteroatoms. The quantitative estimate of drug-likeness (QED) is 0.0746. The average Bonchev–Trinajstić information content (AvgIpc) is 3.65. The Morgan fingerprint density at radius 3 is 2.70 bits per heavy atom. The second-order valence-corrected chi connectivity index (χ2v) is 17.1. The van der Waals surface area contributed by atoms with E-state index in [2.05, 4.69) is 49.9 Å². The number of H-pyrrole nitrogens is 1. The van der Waals surface area contributed by atoms with Crippen LogP contribution in [0.2, 0.25) is 0 Å². The minimum atomic E-state index is -4.44. The first-order valence-corrected chi connectivity index (χ1v) is 19.6. The van der Waals surface area contributed by atoms with Crippen molar-refractivity contribution < 1.29 is 41.1 Å². The van der Waals surface area contributed by atoms with Crippen molar-refractivity contribution in [1.29, 1.82) is 0 Å². The van der Waals surface area contributed by atoms with Gasteiger partial charge in [0.2, 0.25) is 5.95 Å². The molecule has 5 heterocycles. The fourth-order valence-electron chi connectivity index (χ4n) is 4.95. The summed E-state index contributed by atoms with van der Waals surface area (Å²) in [6.07, 6.45) is -5.59. The van der Waals surface area contributed by atoms with Crippen molar-refractivity contribution in [3.8, 4) is 0 Å². The number of rotatable bonds is 12. The molecule has 3 unspecified atom stereocenters. The minimum Gasteiger partial charge on any atom is -0.391 e. The molecule has 0 radical (unpaired) electrons. The van der Waals surface area contributed by atoms with Gasteiger partial charge < -0.3 is 31.4 Å². The maximum absolute atomic E-state index is 16.0. The Labute approximate surface area is 273 Å². The lowest BCUT2D eigenvalue weighted by atomic mass is 10.1. The third-order valence-corrected chi connectivity index (χ3v) is 11.0. The molecule has 0 aliphatic carbocycles. The van der Waals surface area contributed by atoms with Gasteiger partial charge in [0.25, 0.3) is 5.56 Å². The number of thiol groups is 2. The molecular formula is C21H30F2N10O8P2S3. The maximum Gasteiger partial charge on any atom is 0.386 e. The summed E-state index contributed by atoms with van der Waals surface area (Å²) in [5.74, 6) is -0.0879. The van der Waals surface area contributed by atoms with E-state index in [9.17, 15) is 18.8 Å². The zero-order chi connectivity index (χ0) is 33.6. The van der Waals surface area contributed by atoms with Crippen LogP contribution in [0.25, 0.3) is 11.0 Å². The van der Waals surface area contributed by atoms with E-state index < -0.39 is 73.8 Å². The molecule has 2 aliphatic rings. The largest absolute Gasteiger partial charge is 0.391 e. The van der Waals surface area contributed by atoms with Crippen molar-refractivity contribution in [2.24, 2.45) is 0 Å². The number of anilines is 4. The van der Waals surface area contributed by atoms with Crippen LogP contribution in [-0.4, -0.2) is 84.8 Å². The Hall–Kier alpha value is -2.17. The molecule has 0 bridgehead atoms. The van der Waals surface area contributed by atoms with Crippen LogP contribution in [0.5, 0.6) is 0 Å². The number of aromatic nitrogens is 5. The number of hydrogen-bond donors (Lipinski definition) is 8. The molecule has 3 aromatic rings. The molecule has 46 heavy (non-hydrogen) atoms. The van der Waals surface area contributed by atoms with Gasteiger partial charge in [-0.2, -0.15) is 4.98 Å². The minimum absolute atomic E-state index is 0.0190. The van der Waals surface area contributed by atoms with Gasteiger partial charge in [-0.15, -0.1) is 11.8 Å². The van der Waals surface area contributed by atoms with E-state index >= 15 is 8.78 Å². The molecular weight excluding hydrogens is 716 g/mol. The standard InChI is InChI=1S/C21H30F2N10O8P2S3/c1-27-33(18-14(24)19(34)31-21(26)30-18)12-4-9(22)11(46-12)6-39-43(37,45)41-15-10(5-38-42(35,36)44)40-20(13(15)23)32-3-2-8-16(25)28-7-29-17(8)32/h2-3,7,9-13,15,20,27H,4-6,24H2,1H3,(H,37,45)(H2,25,28,29)(H2,35,36,44)(H3,26,30,31,34)/t9-,10+,11+,12+,13-,15?,20+,43?/m0/s1. The fraction of sp³-hybridized carbons (Fsp3) is 0.524. The number of nitrogens with two attached hydrogens (primary N) is 3. The lowest BCUT2D eigenvalue weighted by Gasteiger charge is -2.29. The molecule has 0 saturated carbocycles. The van der Waals surface area contributed by atoms with Crippen LogP contribution in [0.15, 0.2) is 23.4 Å². The Bertz CT molecular complexity index is 1740. The summed E-state index contributed by atoms with van der Waals surface area (Å²) in [5, 5.41) is 0.197. The first-order chi connectivity index (χ1) is 21.6. The number of nitrogens with one attached hydrogen (secondary N) is 2. The third-order valence-electron chi connectivity index (χ3n) is 7.02. The van der Waals surface area contributed by atoms with Gasteiger partial charge in [0.05, 0.1) is 29.2 Å². The van der Waals surface area contributed by atoms with Crippen molar-refractivity contribution in [2.45, 2.75) is 47.8 Å². The van der Waals surface area contributed by atoms with E-state index in [1.54, 1.807) is 0 Å². The lowest BCUT2D eigenvalue weighted by molar-refractivity contribution is -0.0399. The summed E-state index contributed by atoms with van der Waals surface area (Å²) in [6, 6.07) is 1.53. The number of halogens is 2. The van der Waals surface area contributed by atoms with Crippen molar-refractivity contribution in [3.63, 3.8) is 0 Å². The van der Waals surface area contributed by atoms with Crippen LogP contribution >= 0.6 is 49.9 Å². The topological polar surface area (TPSA) is 261 Å². The van der Waals surface area contributed by atoms with Gasteiger partial charge in [0.15, 0.2) is 18.2 Å². The number of alkyl halides is 2. The molecule has 0 spiro atoms. The van der Waals surface area contributed by atoms with Gasteiger partial charge in [-0.05, 0) is 6.07 Å². The zero-order valence-corrected chi connectivity index (χ0v) is 28.0. The highest BCUT2D eigenvalue weighted by Gasteiger charge is 2.51. The van der Waals surface area contributed by atoms with Crippen molar-refractivity contribution in [2.75, 3.05) is 42.5 Å². The van der Waals surface area contributed by atoms with E-state index in [1.165, 1.54) is 35.2 Å². The number of aromatic amines is 1. The predicted octanol–water partition coefficient (Wildman–Crippen LogP) is 1.79. The van der Waals surface area contributed by atoms with Crippen LogP contribution in [0.3, 0.4) is 0 Å². The molecule has 5 rings (SSSR count). The predicted molar refractivity (Wildman–Crippen MR) is 173 cm³/mol. The lowest BCUT2D eigenvalue weighted by Crippen LogP contribution is -2.43. The Morgan fingerprint density at radius 2 is 2.00 bits per heavy atom. The summed E-state index contributed by atoms with van der Waals surface area (Å²) in [6.45, 7) is -9.96. The highest BCUT2D eigenvalue weighted by Crippen LogP contribution is 2.58. The van der Waals surface area contributed by atoms with Crippen molar-refractivity contribution in [3.05, 3.63) is 28.9 Å². The van der Waals surface area contributed by atoms with E-state index in [4.69, 9.17) is 35.5 Å². The van der Waals surface area contributed by atoms with E-state index in [0.29, 0.717) is 5.39 Å². The number of fused-ring (bicyclic) bond motifs is 1. The molecule has 9 N–H and O–H groups in total. The highest BCUT2D eigenvalue weighted by atomic mass is 32.7. The molecule has 2 saturated heterocycles. The van der Waals surface area contributed by atoms with Gasteiger partial charge in [0, 0.05) is 19.7 Å². The van der Waals surface area contributed by atoms with E-state index in [-0.39, 0.29) is 35.3 Å². The zero-order valence-electron chi connectivity index (χ0n) is 23.6. The third kappa shape index (κ3) is 7.59. The van der Waals surface area contributed by atoms with Gasteiger partial charge in [-0.1, -0.05) is 24.5 Å². The van der Waals surface area contributed by atoms with Gasteiger partial charge in [0.1, 0.15) is 41.9 Å². The van der Waals surface area contributed by atoms with Crippen LogP contribution < -0.4 is 33.2 Å². The highest BCUT2D eigenvalue weighted by molar-refractivity contribution is 8.44. The summed E-state index contributed by atoms with van der Waals surface area (Å²) >= 11 is 8.48. The summed E-state index contributed by atoms with van der Waals surface area (Å²) < 4.78 is 78.9. The molecule has 0 amide bonds. The van der Waals surface area contributed by atoms with Crippen LogP contribution in [0, 0.1) is 0 Å². The van der Waals surface area contributed by atoms with Crippen LogP contribution in [0.1, 0.15) is 12.6 Å². The number of thioether (sulfide) groups is 1. The summed E-state index contributed by atoms with van der Waals surface area (Å²) in [4.78, 5) is 35.9. The van der Waals surface area contributed by atoms with Crippen LogP contribution in [0.4, 0.5) is 32.1 Å².